The van der Waals surface area contributed by atoms with Gasteiger partial charge >= 0.3 is 0 Å². The van der Waals surface area contributed by atoms with E-state index in [0.29, 0.717) is 17.7 Å². The van der Waals surface area contributed by atoms with Crippen molar-refractivity contribution in [1.82, 2.24) is 0 Å². The molecule has 1 aliphatic rings. The third-order valence-electron chi connectivity index (χ3n) is 8.36. The number of hydrogen-bond acceptors (Lipinski definition) is 6. The normalized spacial score (nSPS) is 22.3. The van der Waals surface area contributed by atoms with Gasteiger partial charge in [-0.15, -0.1) is 23.2 Å². The number of halogens is 2. The molecule has 0 amide bonds. The average molecular weight is 634 g/mol. The number of benzene rings is 1. The number of aliphatic hydroxyl groups excluding tert-OH is 3. The smallest absolute Gasteiger partial charge is 0.228 e. The van der Waals surface area contributed by atoms with Crippen molar-refractivity contribution in [2.24, 2.45) is 0 Å². The van der Waals surface area contributed by atoms with Crippen LogP contribution >= 0.6 is 23.2 Å². The van der Waals surface area contributed by atoms with E-state index in [1.165, 1.54) is 38.5 Å². The van der Waals surface area contributed by atoms with Crippen LogP contribution in [0.25, 0.3) is 0 Å². The van der Waals surface area contributed by atoms with E-state index in [0.717, 1.165) is 82.6 Å². The number of unbranched alkanes of at least 4 members (excludes halogenated alkanes) is 9. The van der Waals surface area contributed by atoms with Gasteiger partial charge in [0.2, 0.25) is 6.29 Å². The van der Waals surface area contributed by atoms with Crippen LogP contribution in [0.4, 0.5) is 0 Å². The summed E-state index contributed by atoms with van der Waals surface area (Å²) < 4.78 is 11.6. The molecule has 6 nitrogen and oxygen atoms in total. The first-order valence-electron chi connectivity index (χ1n) is 16.7. The standard InChI is InChI=1S/C34H58Cl2O6/c1-3-5-7-12-18-27(36)20-14-10-15-21-28-29(37)22-25(16-11-8-9-13-19-26(35)17-6-4-2)23-31(28)42-34-33(40)32(39)30(38)24-41-34/h22-23,26-27,30,32-34,37-40H,3-21,24H2,1-2H3. The highest BCUT2D eigenvalue weighted by Crippen LogP contribution is 2.34. The van der Waals surface area contributed by atoms with Crippen LogP contribution in [0.15, 0.2) is 12.1 Å². The first-order chi connectivity index (χ1) is 20.3. The summed E-state index contributed by atoms with van der Waals surface area (Å²) in [5.41, 5.74) is 1.64. The highest BCUT2D eigenvalue weighted by atomic mass is 35.5. The lowest BCUT2D eigenvalue weighted by atomic mass is 9.98. The second-order valence-electron chi connectivity index (χ2n) is 12.2. The summed E-state index contributed by atoms with van der Waals surface area (Å²) in [6, 6.07) is 3.75. The zero-order chi connectivity index (χ0) is 30.7. The van der Waals surface area contributed by atoms with Crippen molar-refractivity contribution in [2.45, 2.75) is 171 Å². The summed E-state index contributed by atoms with van der Waals surface area (Å²) in [4.78, 5) is 0. The lowest BCUT2D eigenvalue weighted by molar-refractivity contribution is -0.242. The van der Waals surface area contributed by atoms with Gasteiger partial charge in [-0.1, -0.05) is 84.5 Å². The lowest BCUT2D eigenvalue weighted by Crippen LogP contribution is -2.54. The van der Waals surface area contributed by atoms with Crippen LogP contribution in [-0.4, -0.2) is 62.4 Å². The van der Waals surface area contributed by atoms with Gasteiger partial charge in [0.1, 0.15) is 29.8 Å². The number of hydrogen-bond donors (Lipinski definition) is 4. The van der Waals surface area contributed by atoms with E-state index < -0.39 is 24.6 Å². The number of aryl methyl sites for hydroxylation is 1. The minimum Gasteiger partial charge on any atom is -0.508 e. The van der Waals surface area contributed by atoms with Gasteiger partial charge in [0.05, 0.1) is 6.61 Å². The number of aliphatic hydroxyl groups is 3. The van der Waals surface area contributed by atoms with Crippen LogP contribution in [0.1, 0.15) is 134 Å². The molecule has 4 N–H and O–H groups in total. The molecule has 6 atom stereocenters. The van der Waals surface area contributed by atoms with Crippen LogP contribution in [0.3, 0.4) is 0 Å². The van der Waals surface area contributed by atoms with Gasteiger partial charge in [-0.2, -0.15) is 0 Å². The fraction of sp³-hybridized carbons (Fsp3) is 0.824. The van der Waals surface area contributed by atoms with E-state index in [-0.39, 0.29) is 23.1 Å². The molecule has 0 saturated carbocycles. The predicted molar refractivity (Wildman–Crippen MR) is 173 cm³/mol. The van der Waals surface area contributed by atoms with Crippen molar-refractivity contribution >= 4 is 23.2 Å². The van der Waals surface area contributed by atoms with Gasteiger partial charge in [-0.3, -0.25) is 0 Å². The van der Waals surface area contributed by atoms with Crippen molar-refractivity contribution in [1.29, 1.82) is 0 Å². The number of alkyl halides is 2. The Hall–Kier alpha value is -0.760. The molecule has 1 aliphatic heterocycles. The zero-order valence-corrected chi connectivity index (χ0v) is 27.6. The van der Waals surface area contributed by atoms with E-state index in [9.17, 15) is 20.4 Å². The van der Waals surface area contributed by atoms with Gasteiger partial charge in [0.25, 0.3) is 0 Å². The summed E-state index contributed by atoms with van der Waals surface area (Å²) in [6.45, 7) is 4.27. The molecule has 1 heterocycles. The molecule has 1 fully saturated rings. The minimum absolute atomic E-state index is 0.135. The van der Waals surface area contributed by atoms with Gasteiger partial charge in [0, 0.05) is 16.3 Å². The summed E-state index contributed by atoms with van der Waals surface area (Å²) >= 11 is 12.9. The van der Waals surface area contributed by atoms with Crippen molar-refractivity contribution in [3.8, 4) is 11.5 Å². The number of rotatable bonds is 23. The molecule has 0 radical (unpaired) electrons. The molecule has 0 aliphatic carbocycles. The topological polar surface area (TPSA) is 99.4 Å². The van der Waals surface area contributed by atoms with Gasteiger partial charge in [-0.05, 0) is 69.1 Å². The fourth-order valence-electron chi connectivity index (χ4n) is 5.59. The fourth-order valence-corrected chi connectivity index (χ4v) is 6.21. The van der Waals surface area contributed by atoms with Crippen LogP contribution in [-0.2, 0) is 17.6 Å². The SMILES string of the molecule is CCCCCCC(Cl)CCCCCc1c(O)cc(CCCCCCC(Cl)CCCC)cc1OC1OCC(O)C(O)C1O. The zero-order valence-electron chi connectivity index (χ0n) is 26.1. The second-order valence-corrected chi connectivity index (χ2v) is 13.4. The predicted octanol–water partition coefficient (Wildman–Crippen LogP) is 8.18. The lowest BCUT2D eigenvalue weighted by Gasteiger charge is -2.35. The molecule has 1 aromatic carbocycles. The Morgan fingerprint density at radius 1 is 0.738 bits per heavy atom. The molecular formula is C34H58Cl2O6. The molecule has 1 aromatic rings. The molecule has 244 valence electrons. The third-order valence-corrected chi connectivity index (χ3v) is 9.23. The van der Waals surface area contributed by atoms with Crippen molar-refractivity contribution in [2.75, 3.05) is 6.61 Å². The largest absolute Gasteiger partial charge is 0.508 e. The first-order valence-corrected chi connectivity index (χ1v) is 17.6. The average Bonchev–Trinajstić information content (AvgIpc) is 2.97. The second kappa shape index (κ2) is 21.9. The number of ether oxygens (including phenoxy) is 2. The molecule has 8 heteroatoms. The van der Waals surface area contributed by atoms with E-state index in [1.807, 2.05) is 12.1 Å². The van der Waals surface area contributed by atoms with Crippen molar-refractivity contribution in [3.63, 3.8) is 0 Å². The van der Waals surface area contributed by atoms with E-state index in [1.54, 1.807) is 0 Å². The summed E-state index contributed by atoms with van der Waals surface area (Å²) in [5, 5.41) is 41.9. The molecular weight excluding hydrogens is 575 g/mol. The Kier molecular flexibility index (Phi) is 19.5. The number of phenolic OH excluding ortho intramolecular Hbond substituents is 1. The Labute approximate surface area is 265 Å². The third kappa shape index (κ3) is 14.3. The number of aromatic hydroxyl groups is 1. The van der Waals surface area contributed by atoms with E-state index in [4.69, 9.17) is 32.7 Å². The maximum atomic E-state index is 11.0. The molecule has 42 heavy (non-hydrogen) atoms. The Morgan fingerprint density at radius 2 is 1.29 bits per heavy atom. The summed E-state index contributed by atoms with van der Waals surface area (Å²) in [6.07, 6.45) is 15.1. The van der Waals surface area contributed by atoms with Crippen LogP contribution in [0.2, 0.25) is 0 Å². The van der Waals surface area contributed by atoms with Crippen LogP contribution in [0, 0.1) is 0 Å². The Morgan fingerprint density at radius 3 is 1.93 bits per heavy atom. The van der Waals surface area contributed by atoms with Gasteiger partial charge in [0.15, 0.2) is 0 Å². The summed E-state index contributed by atoms with van der Waals surface area (Å²) in [7, 11) is 0. The molecule has 2 rings (SSSR count). The van der Waals surface area contributed by atoms with E-state index >= 15 is 0 Å². The molecule has 0 spiro atoms. The van der Waals surface area contributed by atoms with Crippen molar-refractivity contribution in [3.05, 3.63) is 23.3 Å². The maximum Gasteiger partial charge on any atom is 0.228 e. The Bertz CT molecular complexity index is 840. The first kappa shape index (κ1) is 37.4. The molecule has 1 saturated heterocycles. The molecule has 0 bridgehead atoms. The highest BCUT2D eigenvalue weighted by Gasteiger charge is 2.39. The maximum absolute atomic E-state index is 11.0. The minimum atomic E-state index is -1.39. The van der Waals surface area contributed by atoms with Crippen molar-refractivity contribution < 1.29 is 29.9 Å². The van der Waals surface area contributed by atoms with Gasteiger partial charge < -0.3 is 29.9 Å². The number of phenols is 1. The van der Waals surface area contributed by atoms with Crippen LogP contribution in [0.5, 0.6) is 11.5 Å². The van der Waals surface area contributed by atoms with Crippen LogP contribution < -0.4 is 4.74 Å². The van der Waals surface area contributed by atoms with E-state index in [2.05, 4.69) is 13.8 Å². The Balaban J connectivity index is 1.92. The molecule has 6 unspecified atom stereocenters. The monoisotopic (exact) mass is 632 g/mol. The van der Waals surface area contributed by atoms with Gasteiger partial charge in [-0.25, -0.2) is 0 Å². The summed E-state index contributed by atoms with van der Waals surface area (Å²) in [5.74, 6) is 0.644. The highest BCUT2D eigenvalue weighted by molar-refractivity contribution is 6.20. The molecule has 0 aromatic heterocycles. The quantitative estimate of drug-likeness (QED) is 0.0717.